The molecule has 0 spiro atoms. The lowest BCUT2D eigenvalue weighted by atomic mass is 10.2. The van der Waals surface area contributed by atoms with Crippen LogP contribution < -0.4 is 10.6 Å². The zero-order valence-corrected chi connectivity index (χ0v) is 11.6. The summed E-state index contributed by atoms with van der Waals surface area (Å²) < 4.78 is 0. The Morgan fingerprint density at radius 3 is 2.39 bits per heavy atom. The first kappa shape index (κ1) is 13.1. The number of nitrogen functional groups attached to an aromatic ring is 1. The van der Waals surface area contributed by atoms with Crippen molar-refractivity contribution >= 4 is 11.6 Å². The van der Waals surface area contributed by atoms with Crippen molar-refractivity contribution in [2.45, 2.75) is 27.2 Å². The molecular formula is C13H23N5. The van der Waals surface area contributed by atoms with E-state index < -0.39 is 0 Å². The van der Waals surface area contributed by atoms with Crippen LogP contribution in [-0.2, 0) is 0 Å². The van der Waals surface area contributed by atoms with Gasteiger partial charge in [-0.3, -0.25) is 4.90 Å². The first-order valence-corrected chi connectivity index (χ1v) is 6.69. The molecule has 100 valence electrons. The highest BCUT2D eigenvalue weighted by molar-refractivity contribution is 5.56. The molecule has 5 heteroatoms. The van der Waals surface area contributed by atoms with Crippen LogP contribution in [0, 0.1) is 13.8 Å². The zero-order valence-electron chi connectivity index (χ0n) is 11.6. The normalized spacial score (nSPS) is 17.2. The molecule has 1 aromatic rings. The first-order chi connectivity index (χ1) is 8.61. The van der Waals surface area contributed by atoms with E-state index in [0.717, 1.165) is 43.4 Å². The van der Waals surface area contributed by atoms with Crippen LogP contribution in [0.15, 0.2) is 0 Å². The van der Waals surface area contributed by atoms with E-state index >= 15 is 0 Å². The van der Waals surface area contributed by atoms with Gasteiger partial charge in [0, 0.05) is 31.7 Å². The Hall–Kier alpha value is -1.36. The molecule has 18 heavy (non-hydrogen) atoms. The minimum Gasteiger partial charge on any atom is -0.383 e. The van der Waals surface area contributed by atoms with E-state index in [2.05, 4.69) is 26.7 Å². The van der Waals surface area contributed by atoms with Gasteiger partial charge in [-0.1, -0.05) is 6.92 Å². The van der Waals surface area contributed by atoms with Crippen molar-refractivity contribution in [2.75, 3.05) is 43.4 Å². The molecule has 1 aromatic heterocycles. The summed E-state index contributed by atoms with van der Waals surface area (Å²) in [6, 6.07) is 0. The molecule has 1 aliphatic rings. The van der Waals surface area contributed by atoms with Crippen molar-refractivity contribution in [3.05, 3.63) is 11.4 Å². The van der Waals surface area contributed by atoms with Gasteiger partial charge in [-0.25, -0.2) is 9.97 Å². The maximum atomic E-state index is 5.91. The molecule has 0 radical (unpaired) electrons. The van der Waals surface area contributed by atoms with Gasteiger partial charge in [0.15, 0.2) is 0 Å². The van der Waals surface area contributed by atoms with Crippen LogP contribution in [0.3, 0.4) is 0 Å². The Labute approximate surface area is 109 Å². The van der Waals surface area contributed by atoms with Crippen molar-refractivity contribution in [3.63, 3.8) is 0 Å². The molecule has 1 saturated heterocycles. The fourth-order valence-corrected chi connectivity index (χ4v) is 2.44. The fourth-order valence-electron chi connectivity index (χ4n) is 2.44. The zero-order chi connectivity index (χ0) is 13.1. The molecule has 0 atom stereocenters. The molecule has 1 aliphatic heterocycles. The maximum Gasteiger partial charge on any atom is 0.137 e. The number of hydrogen-bond donors (Lipinski definition) is 1. The summed E-state index contributed by atoms with van der Waals surface area (Å²) in [6.45, 7) is 11.6. The van der Waals surface area contributed by atoms with Crippen LogP contribution in [0.1, 0.15) is 24.7 Å². The number of nitrogens with zero attached hydrogens (tertiary/aromatic N) is 4. The van der Waals surface area contributed by atoms with E-state index in [1.807, 2.05) is 13.8 Å². The van der Waals surface area contributed by atoms with Gasteiger partial charge in [0.1, 0.15) is 17.5 Å². The average molecular weight is 249 g/mol. The number of piperazine rings is 1. The molecule has 2 N–H and O–H groups in total. The summed E-state index contributed by atoms with van der Waals surface area (Å²) in [5.41, 5.74) is 6.92. The molecule has 0 saturated carbocycles. The van der Waals surface area contributed by atoms with E-state index in [1.165, 1.54) is 13.0 Å². The van der Waals surface area contributed by atoms with E-state index in [4.69, 9.17) is 5.73 Å². The third-order valence-corrected chi connectivity index (χ3v) is 3.48. The Bertz CT molecular complexity index is 410. The Kier molecular flexibility index (Phi) is 4.01. The third-order valence-electron chi connectivity index (χ3n) is 3.48. The first-order valence-electron chi connectivity index (χ1n) is 6.69. The second-order valence-electron chi connectivity index (χ2n) is 4.93. The lowest BCUT2D eigenvalue weighted by molar-refractivity contribution is 0.258. The largest absolute Gasteiger partial charge is 0.383 e. The maximum absolute atomic E-state index is 5.91. The van der Waals surface area contributed by atoms with Crippen LogP contribution in [0.4, 0.5) is 11.6 Å². The predicted octanol–water partition coefficient (Wildman–Crippen LogP) is 1.21. The number of aryl methyl sites for hydroxylation is 1. The van der Waals surface area contributed by atoms with Crippen LogP contribution in [0.5, 0.6) is 0 Å². The van der Waals surface area contributed by atoms with Crippen molar-refractivity contribution in [3.8, 4) is 0 Å². The second-order valence-corrected chi connectivity index (χ2v) is 4.93. The minimum atomic E-state index is 0.605. The van der Waals surface area contributed by atoms with Gasteiger partial charge in [-0.15, -0.1) is 0 Å². The summed E-state index contributed by atoms with van der Waals surface area (Å²) in [5, 5.41) is 0. The van der Waals surface area contributed by atoms with Gasteiger partial charge in [-0.2, -0.15) is 0 Å². The molecular weight excluding hydrogens is 226 g/mol. The predicted molar refractivity (Wildman–Crippen MR) is 74.9 cm³/mol. The van der Waals surface area contributed by atoms with Gasteiger partial charge in [0.2, 0.25) is 0 Å². The van der Waals surface area contributed by atoms with Crippen LogP contribution in [0.25, 0.3) is 0 Å². The highest BCUT2D eigenvalue weighted by Gasteiger charge is 2.20. The lowest BCUT2D eigenvalue weighted by Crippen LogP contribution is -2.47. The number of hydrogen-bond acceptors (Lipinski definition) is 5. The highest BCUT2D eigenvalue weighted by atomic mass is 15.3. The molecule has 0 bridgehead atoms. The Balaban J connectivity index is 2.10. The van der Waals surface area contributed by atoms with Crippen LogP contribution >= 0.6 is 0 Å². The number of nitrogens with two attached hydrogens (primary N) is 1. The molecule has 2 rings (SSSR count). The second kappa shape index (κ2) is 5.52. The molecule has 0 unspecified atom stereocenters. The summed E-state index contributed by atoms with van der Waals surface area (Å²) in [7, 11) is 0. The smallest absolute Gasteiger partial charge is 0.137 e. The van der Waals surface area contributed by atoms with Gasteiger partial charge in [0.05, 0.1) is 0 Å². The van der Waals surface area contributed by atoms with E-state index in [1.54, 1.807) is 0 Å². The van der Waals surface area contributed by atoms with Gasteiger partial charge >= 0.3 is 0 Å². The van der Waals surface area contributed by atoms with Crippen molar-refractivity contribution < 1.29 is 0 Å². The SMILES string of the molecule is CCCN1CCN(c2nc(C)nc(N)c2C)CC1. The van der Waals surface area contributed by atoms with Crippen LogP contribution in [-0.4, -0.2) is 47.6 Å². The van der Waals surface area contributed by atoms with E-state index in [9.17, 15) is 0 Å². The minimum absolute atomic E-state index is 0.605. The standard InChI is InChI=1S/C13H23N5/c1-4-5-17-6-8-18(9-7-17)13-10(2)12(14)15-11(3)16-13/h4-9H2,1-3H3,(H2,14,15,16). The molecule has 5 nitrogen and oxygen atoms in total. The number of aromatic nitrogens is 2. The number of rotatable bonds is 3. The molecule has 2 heterocycles. The monoisotopic (exact) mass is 249 g/mol. The molecule has 0 aliphatic carbocycles. The Morgan fingerprint density at radius 1 is 1.11 bits per heavy atom. The van der Waals surface area contributed by atoms with Gasteiger partial charge < -0.3 is 10.6 Å². The molecule has 1 fully saturated rings. The lowest BCUT2D eigenvalue weighted by Gasteiger charge is -2.36. The van der Waals surface area contributed by atoms with E-state index in [-0.39, 0.29) is 0 Å². The van der Waals surface area contributed by atoms with Crippen molar-refractivity contribution in [1.29, 1.82) is 0 Å². The van der Waals surface area contributed by atoms with Crippen molar-refractivity contribution in [2.24, 2.45) is 0 Å². The Morgan fingerprint density at radius 2 is 1.78 bits per heavy atom. The van der Waals surface area contributed by atoms with Gasteiger partial charge in [-0.05, 0) is 26.8 Å². The molecule has 0 aromatic carbocycles. The summed E-state index contributed by atoms with van der Waals surface area (Å²) in [6.07, 6.45) is 1.22. The summed E-state index contributed by atoms with van der Waals surface area (Å²) in [4.78, 5) is 13.6. The third kappa shape index (κ3) is 2.72. The van der Waals surface area contributed by atoms with Crippen LogP contribution in [0.2, 0.25) is 0 Å². The van der Waals surface area contributed by atoms with Crippen molar-refractivity contribution in [1.82, 2.24) is 14.9 Å². The van der Waals surface area contributed by atoms with E-state index in [0.29, 0.717) is 5.82 Å². The highest BCUT2D eigenvalue weighted by Crippen LogP contribution is 2.22. The summed E-state index contributed by atoms with van der Waals surface area (Å²) in [5.74, 6) is 2.37. The number of anilines is 2. The average Bonchev–Trinajstić information content (AvgIpc) is 2.35. The quantitative estimate of drug-likeness (QED) is 0.872. The summed E-state index contributed by atoms with van der Waals surface area (Å²) >= 11 is 0. The van der Waals surface area contributed by atoms with Gasteiger partial charge in [0.25, 0.3) is 0 Å². The topological polar surface area (TPSA) is 58.3 Å². The fraction of sp³-hybridized carbons (Fsp3) is 0.692. The molecule has 0 amide bonds.